The fourth-order valence-corrected chi connectivity index (χ4v) is 4.11. The Kier molecular flexibility index (Phi) is 4.52. The third-order valence-electron chi connectivity index (χ3n) is 5.74. The lowest BCUT2D eigenvalue weighted by atomic mass is 9.71. The summed E-state index contributed by atoms with van der Waals surface area (Å²) in [5, 5.41) is 10.8. The van der Waals surface area contributed by atoms with E-state index in [1.807, 2.05) is 20.8 Å². The maximum Gasteiger partial charge on any atom is 0.264 e. The predicted octanol–water partition coefficient (Wildman–Crippen LogP) is 2.14. The number of aromatic amines is 1. The van der Waals surface area contributed by atoms with Crippen LogP contribution in [0.25, 0.3) is 0 Å². The Morgan fingerprint density at radius 1 is 1.32 bits per heavy atom. The summed E-state index contributed by atoms with van der Waals surface area (Å²) in [5.41, 5.74) is -0.677. The van der Waals surface area contributed by atoms with Crippen LogP contribution in [0.2, 0.25) is 0 Å². The molecule has 1 aliphatic heterocycles. The molecular formula is C19H29N3O3. The van der Waals surface area contributed by atoms with E-state index in [0.29, 0.717) is 31.0 Å². The highest BCUT2D eigenvalue weighted by Crippen LogP contribution is 2.40. The van der Waals surface area contributed by atoms with Crippen LogP contribution in [0.4, 0.5) is 0 Å². The van der Waals surface area contributed by atoms with E-state index in [2.05, 4.69) is 9.97 Å². The summed E-state index contributed by atoms with van der Waals surface area (Å²) in [4.78, 5) is 34.5. The van der Waals surface area contributed by atoms with Crippen LogP contribution in [0.15, 0.2) is 4.79 Å². The number of carbonyl (C=O) groups is 1. The molecule has 3 rings (SSSR count). The Morgan fingerprint density at radius 2 is 2.04 bits per heavy atom. The minimum Gasteiger partial charge on any atom is -0.389 e. The van der Waals surface area contributed by atoms with Gasteiger partial charge in [0.15, 0.2) is 0 Å². The topological polar surface area (TPSA) is 86.3 Å². The van der Waals surface area contributed by atoms with Gasteiger partial charge in [-0.15, -0.1) is 0 Å². The Balaban J connectivity index is 1.86. The van der Waals surface area contributed by atoms with Crippen molar-refractivity contribution < 1.29 is 9.90 Å². The fraction of sp³-hybridized carbons (Fsp3) is 0.737. The standard InChI is InChI=1S/C19H29N3O3/c1-12-14(15(23)21-17(20-12)18(2,3)4)16(24)22-10-9-19(25)8-6-5-7-13(19)11-22/h13,25H,5-11H2,1-4H3,(H,20,21,23)/t13-,19-/m1/s1. The first kappa shape index (κ1) is 18.1. The molecule has 1 aliphatic carbocycles. The molecule has 25 heavy (non-hydrogen) atoms. The van der Waals surface area contributed by atoms with Gasteiger partial charge in [0.25, 0.3) is 11.5 Å². The van der Waals surface area contributed by atoms with Crippen molar-refractivity contribution in [2.45, 2.75) is 70.8 Å². The first-order chi connectivity index (χ1) is 11.6. The van der Waals surface area contributed by atoms with Gasteiger partial charge in [0, 0.05) is 24.4 Å². The third-order valence-corrected chi connectivity index (χ3v) is 5.74. The molecule has 6 nitrogen and oxygen atoms in total. The number of nitrogens with one attached hydrogen (secondary N) is 1. The summed E-state index contributed by atoms with van der Waals surface area (Å²) < 4.78 is 0. The maximum atomic E-state index is 13.0. The second kappa shape index (κ2) is 6.24. The van der Waals surface area contributed by atoms with Gasteiger partial charge in [-0.3, -0.25) is 9.59 Å². The van der Waals surface area contributed by atoms with E-state index < -0.39 is 5.60 Å². The van der Waals surface area contributed by atoms with Gasteiger partial charge in [0.2, 0.25) is 0 Å². The van der Waals surface area contributed by atoms with E-state index in [1.165, 1.54) is 0 Å². The first-order valence-corrected chi connectivity index (χ1v) is 9.25. The van der Waals surface area contributed by atoms with E-state index in [9.17, 15) is 14.7 Å². The summed E-state index contributed by atoms with van der Waals surface area (Å²) in [6.07, 6.45) is 4.50. The molecular weight excluding hydrogens is 318 g/mol. The number of piperidine rings is 1. The highest BCUT2D eigenvalue weighted by molar-refractivity contribution is 5.95. The number of H-pyrrole nitrogens is 1. The summed E-state index contributed by atoms with van der Waals surface area (Å²) in [6, 6.07) is 0. The second-order valence-corrected chi connectivity index (χ2v) is 8.67. The van der Waals surface area contributed by atoms with E-state index in [-0.39, 0.29) is 28.4 Å². The summed E-state index contributed by atoms with van der Waals surface area (Å²) >= 11 is 0. The Morgan fingerprint density at radius 3 is 2.68 bits per heavy atom. The number of amides is 1. The molecule has 2 atom stereocenters. The normalized spacial score (nSPS) is 27.1. The number of hydrogen-bond acceptors (Lipinski definition) is 4. The number of aromatic nitrogens is 2. The maximum absolute atomic E-state index is 13.0. The SMILES string of the molecule is Cc1nc(C(C)(C)C)[nH]c(=O)c1C(=O)N1CC[C@]2(O)CCCC[C@@H]2C1. The van der Waals surface area contributed by atoms with Crippen molar-refractivity contribution in [2.24, 2.45) is 5.92 Å². The summed E-state index contributed by atoms with van der Waals surface area (Å²) in [6.45, 7) is 8.65. The molecule has 0 spiro atoms. The van der Waals surface area contributed by atoms with Crippen LogP contribution >= 0.6 is 0 Å². The average molecular weight is 347 g/mol. The Hall–Kier alpha value is -1.69. The van der Waals surface area contributed by atoms with Crippen molar-refractivity contribution in [3.05, 3.63) is 27.4 Å². The van der Waals surface area contributed by atoms with Crippen LogP contribution in [0, 0.1) is 12.8 Å². The van der Waals surface area contributed by atoms with Gasteiger partial charge in [0.05, 0.1) is 11.3 Å². The molecule has 138 valence electrons. The number of aryl methyl sites for hydroxylation is 1. The predicted molar refractivity (Wildman–Crippen MR) is 95.7 cm³/mol. The molecule has 6 heteroatoms. The van der Waals surface area contributed by atoms with Crippen molar-refractivity contribution >= 4 is 5.91 Å². The highest BCUT2D eigenvalue weighted by atomic mass is 16.3. The molecule has 1 aromatic rings. The van der Waals surface area contributed by atoms with Crippen LogP contribution in [-0.2, 0) is 5.41 Å². The lowest BCUT2D eigenvalue weighted by Gasteiger charge is -2.47. The van der Waals surface area contributed by atoms with Crippen molar-refractivity contribution in [1.82, 2.24) is 14.9 Å². The van der Waals surface area contributed by atoms with Crippen molar-refractivity contribution in [3.8, 4) is 0 Å². The Bertz CT molecular complexity index is 734. The van der Waals surface area contributed by atoms with Gasteiger partial charge in [-0.25, -0.2) is 4.98 Å². The zero-order chi connectivity index (χ0) is 18.4. The van der Waals surface area contributed by atoms with Crippen molar-refractivity contribution in [2.75, 3.05) is 13.1 Å². The van der Waals surface area contributed by atoms with Crippen LogP contribution in [0.3, 0.4) is 0 Å². The molecule has 2 heterocycles. The van der Waals surface area contributed by atoms with Gasteiger partial charge in [-0.2, -0.15) is 0 Å². The molecule has 1 amide bonds. The molecule has 2 fully saturated rings. The smallest absolute Gasteiger partial charge is 0.264 e. The van der Waals surface area contributed by atoms with Crippen LogP contribution in [0.1, 0.15) is 74.8 Å². The lowest BCUT2D eigenvalue weighted by Crippen LogP contribution is -2.55. The van der Waals surface area contributed by atoms with Gasteiger partial charge in [0.1, 0.15) is 11.4 Å². The number of fused-ring (bicyclic) bond motifs is 1. The molecule has 0 bridgehead atoms. The molecule has 2 aliphatic rings. The largest absolute Gasteiger partial charge is 0.389 e. The monoisotopic (exact) mass is 347 g/mol. The average Bonchev–Trinajstić information content (AvgIpc) is 2.52. The molecule has 0 aromatic carbocycles. The van der Waals surface area contributed by atoms with E-state index in [1.54, 1.807) is 11.8 Å². The molecule has 1 saturated carbocycles. The molecule has 0 radical (unpaired) electrons. The van der Waals surface area contributed by atoms with E-state index in [4.69, 9.17) is 0 Å². The first-order valence-electron chi connectivity index (χ1n) is 9.25. The number of hydrogen-bond donors (Lipinski definition) is 2. The zero-order valence-corrected chi connectivity index (χ0v) is 15.7. The minimum atomic E-state index is -0.634. The fourth-order valence-electron chi connectivity index (χ4n) is 4.11. The van der Waals surface area contributed by atoms with E-state index in [0.717, 1.165) is 25.7 Å². The van der Waals surface area contributed by atoms with Crippen molar-refractivity contribution in [1.29, 1.82) is 0 Å². The van der Waals surface area contributed by atoms with Crippen LogP contribution in [-0.4, -0.2) is 44.6 Å². The Labute approximate surface area is 148 Å². The molecule has 1 aromatic heterocycles. The van der Waals surface area contributed by atoms with Gasteiger partial charge in [-0.1, -0.05) is 33.6 Å². The quantitative estimate of drug-likeness (QED) is 0.815. The summed E-state index contributed by atoms with van der Waals surface area (Å²) in [5.74, 6) is 0.436. The van der Waals surface area contributed by atoms with Gasteiger partial charge < -0.3 is 15.0 Å². The van der Waals surface area contributed by atoms with E-state index >= 15 is 0 Å². The molecule has 2 N–H and O–H groups in total. The molecule has 1 saturated heterocycles. The number of rotatable bonds is 1. The number of nitrogens with zero attached hydrogens (tertiary/aromatic N) is 2. The second-order valence-electron chi connectivity index (χ2n) is 8.67. The van der Waals surface area contributed by atoms with Crippen LogP contribution in [0.5, 0.6) is 0 Å². The van der Waals surface area contributed by atoms with Crippen LogP contribution < -0.4 is 5.56 Å². The molecule has 0 unspecified atom stereocenters. The summed E-state index contributed by atoms with van der Waals surface area (Å²) in [7, 11) is 0. The highest BCUT2D eigenvalue weighted by Gasteiger charge is 2.44. The lowest BCUT2D eigenvalue weighted by molar-refractivity contribution is -0.0886. The number of likely N-dealkylation sites (tertiary alicyclic amines) is 1. The zero-order valence-electron chi connectivity index (χ0n) is 15.7. The van der Waals surface area contributed by atoms with Crippen molar-refractivity contribution in [3.63, 3.8) is 0 Å². The number of aliphatic hydroxyl groups is 1. The minimum absolute atomic E-state index is 0.111. The van der Waals surface area contributed by atoms with Gasteiger partial charge >= 0.3 is 0 Å². The third kappa shape index (κ3) is 3.36. The van der Waals surface area contributed by atoms with Gasteiger partial charge in [-0.05, 0) is 26.2 Å². The number of carbonyl (C=O) groups excluding carboxylic acids is 1.